The molecule has 3 heteroatoms. The van der Waals surface area contributed by atoms with E-state index in [2.05, 4.69) is 5.32 Å². The van der Waals surface area contributed by atoms with Crippen LogP contribution in [0, 0.1) is 5.92 Å². The van der Waals surface area contributed by atoms with E-state index >= 15 is 0 Å². The summed E-state index contributed by atoms with van der Waals surface area (Å²) in [4.78, 5) is 11.1. The average molecular weight is 153 g/mol. The van der Waals surface area contributed by atoms with Crippen LogP contribution >= 0.6 is 0 Å². The average Bonchev–Trinajstić information content (AvgIpc) is 2.06. The maximum atomic E-state index is 11.1. The van der Waals surface area contributed by atoms with E-state index < -0.39 is 0 Å². The van der Waals surface area contributed by atoms with Gasteiger partial charge in [-0.25, -0.2) is 4.79 Å². The van der Waals surface area contributed by atoms with Gasteiger partial charge in [0.2, 0.25) is 0 Å². The molecule has 11 heavy (non-hydrogen) atoms. The third-order valence-electron chi connectivity index (χ3n) is 2.27. The zero-order valence-corrected chi connectivity index (χ0v) is 6.25. The number of carbonyl (C=O) groups is 1. The molecule has 60 valence electrons. The van der Waals surface area contributed by atoms with E-state index in [4.69, 9.17) is 4.74 Å². The topological polar surface area (TPSA) is 38.3 Å². The first-order valence-corrected chi connectivity index (χ1v) is 3.98. The first kappa shape index (κ1) is 6.85. The molecular weight excluding hydrogens is 142 g/mol. The van der Waals surface area contributed by atoms with E-state index in [0.717, 1.165) is 19.4 Å². The second kappa shape index (κ2) is 2.66. The van der Waals surface area contributed by atoms with Crippen molar-refractivity contribution in [1.82, 2.24) is 5.32 Å². The fourth-order valence-electron chi connectivity index (χ4n) is 1.66. The van der Waals surface area contributed by atoms with Gasteiger partial charge in [-0.05, 0) is 25.5 Å². The Balaban J connectivity index is 2.15. The Morgan fingerprint density at radius 2 is 2.55 bits per heavy atom. The van der Waals surface area contributed by atoms with E-state index in [9.17, 15) is 4.79 Å². The number of carbonyl (C=O) groups excluding carboxylic acids is 1. The van der Waals surface area contributed by atoms with E-state index in [0.29, 0.717) is 5.92 Å². The number of ether oxygens (including phenoxy) is 1. The van der Waals surface area contributed by atoms with Crippen molar-refractivity contribution in [2.45, 2.75) is 18.9 Å². The van der Waals surface area contributed by atoms with E-state index in [1.54, 1.807) is 0 Å². The van der Waals surface area contributed by atoms with Crippen LogP contribution in [0.4, 0.5) is 0 Å². The van der Waals surface area contributed by atoms with Gasteiger partial charge >= 0.3 is 5.97 Å². The Bertz CT molecular complexity index is 200. The third-order valence-corrected chi connectivity index (χ3v) is 2.27. The molecule has 1 fully saturated rings. The Labute approximate surface area is 65.4 Å². The minimum Gasteiger partial charge on any atom is -0.434 e. The highest BCUT2D eigenvalue weighted by Crippen LogP contribution is 2.21. The van der Waals surface area contributed by atoms with Gasteiger partial charge < -0.3 is 10.1 Å². The number of esters is 1. The second-order valence-corrected chi connectivity index (χ2v) is 3.00. The van der Waals surface area contributed by atoms with Crippen molar-refractivity contribution >= 4 is 5.97 Å². The summed E-state index contributed by atoms with van der Waals surface area (Å²) < 4.78 is 4.77. The predicted molar refractivity (Wildman–Crippen MR) is 39.7 cm³/mol. The summed E-state index contributed by atoms with van der Waals surface area (Å²) in [5, 5.41) is 3.14. The molecule has 0 aromatic heterocycles. The number of cyclic esters (lactones) is 1. The van der Waals surface area contributed by atoms with E-state index in [-0.39, 0.29) is 12.0 Å². The molecule has 2 aliphatic rings. The lowest BCUT2D eigenvalue weighted by atomic mass is 9.90. The van der Waals surface area contributed by atoms with Gasteiger partial charge in [-0.1, -0.05) is 0 Å². The molecule has 0 spiro atoms. The number of hydrogen-bond acceptors (Lipinski definition) is 3. The molecular formula is C8H11NO2. The molecule has 2 unspecified atom stereocenters. The summed E-state index contributed by atoms with van der Waals surface area (Å²) in [6, 6.07) is -0.0752. The molecule has 2 heterocycles. The van der Waals surface area contributed by atoms with Crippen LogP contribution in [0.1, 0.15) is 12.8 Å². The van der Waals surface area contributed by atoms with Crippen molar-refractivity contribution in [3.63, 3.8) is 0 Å². The van der Waals surface area contributed by atoms with Gasteiger partial charge in [-0.15, -0.1) is 0 Å². The number of fused-ring (bicyclic) bond motifs is 1. The summed E-state index contributed by atoms with van der Waals surface area (Å²) >= 11 is 0. The lowest BCUT2D eigenvalue weighted by Gasteiger charge is -2.30. The molecule has 0 bridgehead atoms. The Morgan fingerprint density at radius 3 is 3.36 bits per heavy atom. The molecule has 0 aromatic carbocycles. The van der Waals surface area contributed by atoms with E-state index in [1.807, 2.05) is 6.08 Å². The van der Waals surface area contributed by atoms with Crippen molar-refractivity contribution in [3.05, 3.63) is 12.3 Å². The van der Waals surface area contributed by atoms with Gasteiger partial charge in [-0.3, -0.25) is 0 Å². The molecule has 0 aliphatic carbocycles. The Hall–Kier alpha value is -0.830. The first-order valence-electron chi connectivity index (χ1n) is 3.98. The lowest BCUT2D eigenvalue weighted by molar-refractivity contribution is -0.143. The van der Waals surface area contributed by atoms with Gasteiger partial charge in [-0.2, -0.15) is 0 Å². The van der Waals surface area contributed by atoms with Gasteiger partial charge in [0, 0.05) is 5.92 Å². The molecule has 0 saturated carbocycles. The molecule has 1 saturated heterocycles. The molecule has 1 N–H and O–H groups in total. The Kier molecular flexibility index (Phi) is 1.66. The zero-order chi connectivity index (χ0) is 7.68. The van der Waals surface area contributed by atoms with Crippen LogP contribution < -0.4 is 5.32 Å². The van der Waals surface area contributed by atoms with Gasteiger partial charge in [0.05, 0.1) is 6.26 Å². The monoisotopic (exact) mass is 153 g/mol. The lowest BCUT2D eigenvalue weighted by Crippen LogP contribution is -2.48. The van der Waals surface area contributed by atoms with Crippen molar-refractivity contribution < 1.29 is 9.53 Å². The fourth-order valence-corrected chi connectivity index (χ4v) is 1.66. The summed E-state index contributed by atoms with van der Waals surface area (Å²) in [5.41, 5.74) is 0. The fraction of sp³-hybridized carbons (Fsp3) is 0.625. The van der Waals surface area contributed by atoms with Gasteiger partial charge in [0.15, 0.2) is 0 Å². The van der Waals surface area contributed by atoms with Crippen LogP contribution in [0.15, 0.2) is 12.3 Å². The van der Waals surface area contributed by atoms with Crippen LogP contribution in [0.25, 0.3) is 0 Å². The highest BCUT2D eigenvalue weighted by molar-refractivity contribution is 5.78. The molecule has 2 atom stereocenters. The molecule has 0 radical (unpaired) electrons. The van der Waals surface area contributed by atoms with Crippen LogP contribution in [-0.4, -0.2) is 18.6 Å². The second-order valence-electron chi connectivity index (χ2n) is 3.00. The van der Waals surface area contributed by atoms with Crippen LogP contribution in [-0.2, 0) is 9.53 Å². The Morgan fingerprint density at radius 1 is 1.64 bits per heavy atom. The maximum Gasteiger partial charge on any atom is 0.328 e. The standard InChI is InChI=1S/C8H11NO2/c10-8-7-6(3-5-11-8)2-1-4-9-7/h3,5-7,9H,1-2,4H2. The smallest absolute Gasteiger partial charge is 0.328 e. The number of hydrogen-bond donors (Lipinski definition) is 1. The number of nitrogens with one attached hydrogen (secondary N) is 1. The van der Waals surface area contributed by atoms with Crippen LogP contribution in [0.2, 0.25) is 0 Å². The van der Waals surface area contributed by atoms with Crippen molar-refractivity contribution in [1.29, 1.82) is 0 Å². The van der Waals surface area contributed by atoms with Crippen LogP contribution in [0.5, 0.6) is 0 Å². The van der Waals surface area contributed by atoms with Crippen LogP contribution in [0.3, 0.4) is 0 Å². The highest BCUT2D eigenvalue weighted by atomic mass is 16.5. The maximum absolute atomic E-state index is 11.1. The highest BCUT2D eigenvalue weighted by Gasteiger charge is 2.32. The summed E-state index contributed by atoms with van der Waals surface area (Å²) in [6.07, 6.45) is 5.73. The number of piperidine rings is 1. The normalized spacial score (nSPS) is 36.2. The van der Waals surface area contributed by atoms with Crippen molar-refractivity contribution in [2.24, 2.45) is 5.92 Å². The summed E-state index contributed by atoms with van der Waals surface area (Å²) in [5.74, 6) is 0.238. The minimum absolute atomic E-state index is 0.0752. The van der Waals surface area contributed by atoms with Crippen molar-refractivity contribution in [2.75, 3.05) is 6.54 Å². The third kappa shape index (κ3) is 1.16. The van der Waals surface area contributed by atoms with Crippen molar-refractivity contribution in [3.8, 4) is 0 Å². The van der Waals surface area contributed by atoms with Gasteiger partial charge in [0.1, 0.15) is 6.04 Å². The minimum atomic E-state index is -0.128. The van der Waals surface area contributed by atoms with E-state index in [1.165, 1.54) is 6.26 Å². The quantitative estimate of drug-likeness (QED) is 0.513. The molecule has 3 nitrogen and oxygen atoms in total. The first-order chi connectivity index (χ1) is 5.38. The summed E-state index contributed by atoms with van der Waals surface area (Å²) in [7, 11) is 0. The molecule has 2 aliphatic heterocycles. The predicted octanol–water partition coefficient (Wildman–Crippen LogP) is 0.425. The molecule has 0 amide bonds. The van der Waals surface area contributed by atoms with Gasteiger partial charge in [0.25, 0.3) is 0 Å². The number of rotatable bonds is 0. The SMILES string of the molecule is O=C1OC=CC2CCCNC12. The summed E-state index contributed by atoms with van der Waals surface area (Å²) in [6.45, 7) is 0.935. The molecule has 2 rings (SSSR count). The zero-order valence-electron chi connectivity index (χ0n) is 6.25. The molecule has 0 aromatic rings. The largest absolute Gasteiger partial charge is 0.434 e.